The molecule has 5 nitrogen and oxygen atoms in total. The smallest absolute Gasteiger partial charge is 0.143 e. The maximum atomic E-state index is 12.2. The number of ketones is 1. The van der Waals surface area contributed by atoms with Crippen molar-refractivity contribution in [2.45, 2.75) is 66.0 Å². The Bertz CT molecular complexity index is 412. The average Bonchev–Trinajstić information content (AvgIpc) is 2.75. The Balaban J connectivity index is 2.47. The zero-order valence-corrected chi connectivity index (χ0v) is 13.2. The quantitative estimate of drug-likeness (QED) is 0.752. The fraction of sp³-hybridized carbons (Fsp3) is 0.800. The summed E-state index contributed by atoms with van der Waals surface area (Å²) in [6, 6.07) is 0.214. The van der Waals surface area contributed by atoms with E-state index in [1.807, 2.05) is 18.5 Å². The molecule has 1 aromatic heterocycles. The number of hydrogen-bond acceptors (Lipinski definition) is 4. The van der Waals surface area contributed by atoms with Crippen molar-refractivity contribution in [3.8, 4) is 0 Å². The van der Waals surface area contributed by atoms with E-state index in [2.05, 4.69) is 23.9 Å². The maximum absolute atomic E-state index is 12.2. The Morgan fingerprint density at radius 1 is 1.30 bits per heavy atom. The van der Waals surface area contributed by atoms with Crippen LogP contribution in [0.4, 0.5) is 0 Å². The Morgan fingerprint density at radius 2 is 2.00 bits per heavy atom. The molecule has 5 heteroatoms. The molecular weight excluding hydrogens is 252 g/mol. The minimum atomic E-state index is 0.0675. The summed E-state index contributed by atoms with van der Waals surface area (Å²) in [5.74, 6) is 1.59. The van der Waals surface area contributed by atoms with Gasteiger partial charge in [0, 0.05) is 18.5 Å². The summed E-state index contributed by atoms with van der Waals surface area (Å²) in [7, 11) is 0. The number of aromatic nitrogens is 3. The Kier molecular flexibility index (Phi) is 6.85. The van der Waals surface area contributed by atoms with Gasteiger partial charge in [-0.25, -0.2) is 9.67 Å². The first-order valence-corrected chi connectivity index (χ1v) is 7.55. The zero-order valence-electron chi connectivity index (χ0n) is 13.2. The number of nitrogens with zero attached hydrogens (tertiary/aromatic N) is 3. The van der Waals surface area contributed by atoms with Crippen LogP contribution in [0.15, 0.2) is 6.33 Å². The van der Waals surface area contributed by atoms with Gasteiger partial charge in [0.25, 0.3) is 0 Å². The predicted molar refractivity (Wildman–Crippen MR) is 80.2 cm³/mol. The van der Waals surface area contributed by atoms with Gasteiger partial charge in [0.1, 0.15) is 17.9 Å². The summed E-state index contributed by atoms with van der Waals surface area (Å²) in [5, 5.41) is 4.19. The van der Waals surface area contributed by atoms with Crippen LogP contribution >= 0.6 is 0 Å². The summed E-state index contributed by atoms with van der Waals surface area (Å²) >= 11 is 0. The topological polar surface area (TPSA) is 73.8 Å². The van der Waals surface area contributed by atoms with Crippen LogP contribution in [0.5, 0.6) is 0 Å². The van der Waals surface area contributed by atoms with Gasteiger partial charge in [0.05, 0.1) is 6.42 Å². The molecule has 0 aliphatic rings. The van der Waals surface area contributed by atoms with Gasteiger partial charge in [0.2, 0.25) is 0 Å². The van der Waals surface area contributed by atoms with E-state index in [0.717, 1.165) is 31.6 Å². The molecule has 2 unspecified atom stereocenters. The summed E-state index contributed by atoms with van der Waals surface area (Å²) in [6.07, 6.45) is 4.79. The van der Waals surface area contributed by atoms with Gasteiger partial charge < -0.3 is 5.73 Å². The summed E-state index contributed by atoms with van der Waals surface area (Å²) in [4.78, 5) is 16.4. The van der Waals surface area contributed by atoms with E-state index in [1.165, 1.54) is 6.33 Å². The molecule has 2 atom stereocenters. The first-order chi connectivity index (χ1) is 9.40. The van der Waals surface area contributed by atoms with Crippen LogP contribution in [-0.4, -0.2) is 26.6 Å². The highest BCUT2D eigenvalue weighted by atomic mass is 16.1. The Morgan fingerprint density at radius 3 is 2.60 bits per heavy atom. The van der Waals surface area contributed by atoms with Gasteiger partial charge in [-0.2, -0.15) is 5.10 Å². The van der Waals surface area contributed by atoms with E-state index in [4.69, 9.17) is 5.73 Å². The van der Waals surface area contributed by atoms with Crippen molar-refractivity contribution in [2.24, 2.45) is 17.6 Å². The van der Waals surface area contributed by atoms with Gasteiger partial charge in [-0.3, -0.25) is 4.79 Å². The first-order valence-electron chi connectivity index (χ1n) is 7.55. The van der Waals surface area contributed by atoms with E-state index in [0.29, 0.717) is 12.3 Å². The third-order valence-electron chi connectivity index (χ3n) is 3.41. The molecule has 0 aromatic carbocycles. The monoisotopic (exact) mass is 280 g/mol. The Labute approximate surface area is 122 Å². The molecule has 1 heterocycles. The third kappa shape index (κ3) is 5.82. The number of hydrogen-bond donors (Lipinski definition) is 1. The summed E-state index contributed by atoms with van der Waals surface area (Å²) in [5.41, 5.74) is 5.72. The van der Waals surface area contributed by atoms with Crippen LogP contribution in [0.1, 0.15) is 52.8 Å². The normalized spacial score (nSPS) is 14.5. The molecule has 0 spiro atoms. The molecular formula is C15H28N4O. The highest BCUT2D eigenvalue weighted by Gasteiger charge is 2.17. The number of carbonyl (C=O) groups is 1. The molecule has 0 aliphatic heterocycles. The maximum Gasteiger partial charge on any atom is 0.143 e. The second kappa shape index (κ2) is 8.15. The molecule has 0 fully saturated rings. The number of nitrogens with two attached hydrogens (primary N) is 1. The standard InChI is InChI=1S/C15H28N4O/c1-11(2)9-19-15(17-10-18-19)8-14(20)12(3)6-5-7-13(4)16/h10-13H,5-9,16H2,1-4H3. The lowest BCUT2D eigenvalue weighted by atomic mass is 9.96. The minimum absolute atomic E-state index is 0.0675. The van der Waals surface area contributed by atoms with Crippen molar-refractivity contribution in [1.82, 2.24) is 14.8 Å². The van der Waals surface area contributed by atoms with E-state index < -0.39 is 0 Å². The van der Waals surface area contributed by atoms with Gasteiger partial charge >= 0.3 is 0 Å². The molecule has 0 saturated heterocycles. The van der Waals surface area contributed by atoms with Crippen LogP contribution in [0.25, 0.3) is 0 Å². The van der Waals surface area contributed by atoms with E-state index >= 15 is 0 Å². The molecule has 0 amide bonds. The zero-order chi connectivity index (χ0) is 15.1. The number of Topliss-reactive ketones (excluding diaryl/α,β-unsaturated/α-hetero) is 1. The largest absolute Gasteiger partial charge is 0.328 e. The van der Waals surface area contributed by atoms with Crippen molar-refractivity contribution >= 4 is 5.78 Å². The van der Waals surface area contributed by atoms with Crippen LogP contribution in [-0.2, 0) is 17.8 Å². The van der Waals surface area contributed by atoms with Crippen LogP contribution in [0.2, 0.25) is 0 Å². The molecule has 1 rings (SSSR count). The lowest BCUT2D eigenvalue weighted by molar-refractivity contribution is -0.122. The molecule has 20 heavy (non-hydrogen) atoms. The van der Waals surface area contributed by atoms with Crippen molar-refractivity contribution in [1.29, 1.82) is 0 Å². The molecule has 0 radical (unpaired) electrons. The highest BCUT2D eigenvalue weighted by molar-refractivity contribution is 5.82. The molecule has 0 bridgehead atoms. The van der Waals surface area contributed by atoms with Crippen molar-refractivity contribution in [3.63, 3.8) is 0 Å². The van der Waals surface area contributed by atoms with Gasteiger partial charge in [-0.15, -0.1) is 0 Å². The third-order valence-corrected chi connectivity index (χ3v) is 3.41. The van der Waals surface area contributed by atoms with Gasteiger partial charge in [-0.05, 0) is 25.7 Å². The van der Waals surface area contributed by atoms with Gasteiger partial charge in [0.15, 0.2) is 0 Å². The lowest BCUT2D eigenvalue weighted by Gasteiger charge is -2.12. The van der Waals surface area contributed by atoms with Crippen LogP contribution < -0.4 is 5.73 Å². The fourth-order valence-electron chi connectivity index (χ4n) is 2.16. The minimum Gasteiger partial charge on any atom is -0.328 e. The lowest BCUT2D eigenvalue weighted by Crippen LogP contribution is -2.20. The van der Waals surface area contributed by atoms with E-state index in [-0.39, 0.29) is 17.7 Å². The predicted octanol–water partition coefficient (Wildman–Crippen LogP) is 2.20. The second-order valence-corrected chi connectivity index (χ2v) is 6.20. The van der Waals surface area contributed by atoms with Crippen LogP contribution in [0, 0.1) is 11.8 Å². The average molecular weight is 280 g/mol. The van der Waals surface area contributed by atoms with Crippen molar-refractivity contribution < 1.29 is 4.79 Å². The van der Waals surface area contributed by atoms with Gasteiger partial charge in [-0.1, -0.05) is 27.2 Å². The van der Waals surface area contributed by atoms with Crippen molar-refractivity contribution in [2.75, 3.05) is 0 Å². The number of carbonyl (C=O) groups excluding carboxylic acids is 1. The summed E-state index contributed by atoms with van der Waals surface area (Å²) in [6.45, 7) is 9.06. The highest BCUT2D eigenvalue weighted by Crippen LogP contribution is 2.13. The molecule has 114 valence electrons. The van der Waals surface area contributed by atoms with E-state index in [1.54, 1.807) is 0 Å². The number of rotatable bonds is 9. The summed E-state index contributed by atoms with van der Waals surface area (Å²) < 4.78 is 1.84. The van der Waals surface area contributed by atoms with Crippen LogP contribution in [0.3, 0.4) is 0 Å². The molecule has 0 saturated carbocycles. The SMILES string of the molecule is CC(C)Cn1ncnc1CC(=O)C(C)CCCC(C)N. The van der Waals surface area contributed by atoms with E-state index in [9.17, 15) is 4.79 Å². The fourth-order valence-corrected chi connectivity index (χ4v) is 2.16. The molecule has 2 N–H and O–H groups in total. The first kappa shape index (κ1) is 16.8. The molecule has 0 aliphatic carbocycles. The molecule has 1 aromatic rings. The second-order valence-electron chi connectivity index (χ2n) is 6.20. The Hall–Kier alpha value is -1.23. The van der Waals surface area contributed by atoms with Crippen molar-refractivity contribution in [3.05, 3.63) is 12.2 Å².